The summed E-state index contributed by atoms with van der Waals surface area (Å²) in [5.41, 5.74) is 0.999. The van der Waals surface area contributed by atoms with Crippen molar-refractivity contribution in [1.82, 2.24) is 0 Å². The fourth-order valence-corrected chi connectivity index (χ4v) is 2.52. The molecule has 22 heavy (non-hydrogen) atoms. The van der Waals surface area contributed by atoms with Crippen LogP contribution in [0.25, 0.3) is 6.08 Å². The summed E-state index contributed by atoms with van der Waals surface area (Å²) in [6.07, 6.45) is 6.30. The Bertz CT molecular complexity index is 685. The lowest BCUT2D eigenvalue weighted by atomic mass is 10.2. The molecule has 114 valence electrons. The molecular formula is C18H18O4. The number of methoxy groups -OCH3 is 1. The molecule has 0 saturated heterocycles. The number of allylic oxidation sites excluding steroid dienone is 1. The first-order chi connectivity index (χ1) is 10.7. The van der Waals surface area contributed by atoms with Crippen molar-refractivity contribution < 1.29 is 18.7 Å². The minimum Gasteiger partial charge on any atom is -0.493 e. The molecule has 1 aromatic heterocycles. The lowest BCUT2D eigenvalue weighted by Gasteiger charge is -2.09. The molecule has 0 bridgehead atoms. The Balaban J connectivity index is 1.69. The summed E-state index contributed by atoms with van der Waals surface area (Å²) >= 11 is 0. The predicted molar refractivity (Wildman–Crippen MR) is 82.9 cm³/mol. The Morgan fingerprint density at radius 3 is 2.86 bits per heavy atom. The molecule has 0 aliphatic heterocycles. The molecular weight excluding hydrogens is 280 g/mol. The van der Waals surface area contributed by atoms with Crippen molar-refractivity contribution in [3.8, 4) is 11.5 Å². The molecule has 0 N–H and O–H groups in total. The quantitative estimate of drug-likeness (QED) is 0.617. The smallest absolute Gasteiger partial charge is 0.315 e. The number of benzene rings is 1. The van der Waals surface area contributed by atoms with Crippen molar-refractivity contribution in [3.05, 3.63) is 54.0 Å². The van der Waals surface area contributed by atoms with Gasteiger partial charge in [-0.3, -0.25) is 4.79 Å². The van der Waals surface area contributed by atoms with Gasteiger partial charge < -0.3 is 13.9 Å². The van der Waals surface area contributed by atoms with Crippen molar-refractivity contribution in [2.24, 2.45) is 5.92 Å². The maximum absolute atomic E-state index is 12.2. The lowest BCUT2D eigenvalue weighted by Crippen LogP contribution is -2.12. The van der Waals surface area contributed by atoms with E-state index in [4.69, 9.17) is 13.9 Å². The van der Waals surface area contributed by atoms with E-state index in [1.54, 1.807) is 19.4 Å². The fourth-order valence-electron chi connectivity index (χ4n) is 2.52. The third-order valence-electron chi connectivity index (χ3n) is 3.76. The third kappa shape index (κ3) is 2.91. The van der Waals surface area contributed by atoms with Gasteiger partial charge in [-0.25, -0.2) is 0 Å². The van der Waals surface area contributed by atoms with E-state index in [1.807, 2.05) is 43.3 Å². The normalized spacial score (nSPS) is 20.1. The topological polar surface area (TPSA) is 48.7 Å². The van der Waals surface area contributed by atoms with Crippen LogP contribution in [-0.2, 0) is 4.79 Å². The van der Waals surface area contributed by atoms with Crippen LogP contribution in [0.15, 0.2) is 47.1 Å². The number of hydrogen-bond donors (Lipinski definition) is 0. The van der Waals surface area contributed by atoms with Crippen molar-refractivity contribution in [2.75, 3.05) is 7.11 Å². The van der Waals surface area contributed by atoms with Gasteiger partial charge in [-0.05, 0) is 43.2 Å². The molecule has 0 amide bonds. The fraction of sp³-hybridized carbons (Fsp3) is 0.278. The highest BCUT2D eigenvalue weighted by Crippen LogP contribution is 2.48. The van der Waals surface area contributed by atoms with Crippen LogP contribution in [0.2, 0.25) is 0 Å². The molecule has 2 unspecified atom stereocenters. The van der Waals surface area contributed by atoms with E-state index in [1.165, 1.54) is 0 Å². The van der Waals surface area contributed by atoms with Crippen molar-refractivity contribution in [3.63, 3.8) is 0 Å². The molecule has 1 aromatic carbocycles. The number of esters is 1. The van der Waals surface area contributed by atoms with Crippen LogP contribution in [0.3, 0.4) is 0 Å². The number of furan rings is 1. The second-order valence-electron chi connectivity index (χ2n) is 5.30. The summed E-state index contributed by atoms with van der Waals surface area (Å²) in [5.74, 6) is 1.61. The summed E-state index contributed by atoms with van der Waals surface area (Å²) < 4.78 is 16.1. The van der Waals surface area contributed by atoms with Gasteiger partial charge in [-0.1, -0.05) is 18.2 Å². The van der Waals surface area contributed by atoms with Crippen LogP contribution in [0.4, 0.5) is 0 Å². The summed E-state index contributed by atoms with van der Waals surface area (Å²) in [6.45, 7) is 1.95. The first kappa shape index (κ1) is 14.4. The molecule has 1 fully saturated rings. The molecule has 2 aromatic rings. The number of hydrogen-bond acceptors (Lipinski definition) is 4. The van der Waals surface area contributed by atoms with Crippen LogP contribution < -0.4 is 9.47 Å². The van der Waals surface area contributed by atoms with Gasteiger partial charge in [0, 0.05) is 5.92 Å². The van der Waals surface area contributed by atoms with Gasteiger partial charge in [0.15, 0.2) is 11.5 Å². The van der Waals surface area contributed by atoms with Crippen LogP contribution in [0.5, 0.6) is 11.5 Å². The summed E-state index contributed by atoms with van der Waals surface area (Å²) in [4.78, 5) is 12.2. The highest BCUT2D eigenvalue weighted by atomic mass is 16.6. The van der Waals surface area contributed by atoms with Crippen molar-refractivity contribution in [2.45, 2.75) is 19.3 Å². The SMILES string of the molecule is CC=Cc1ccc(OC(=O)C2CC2c2ccco2)c(OC)c1. The molecule has 1 aliphatic rings. The maximum atomic E-state index is 12.2. The van der Waals surface area contributed by atoms with Crippen LogP contribution in [0, 0.1) is 5.92 Å². The van der Waals surface area contributed by atoms with E-state index in [0.29, 0.717) is 11.5 Å². The van der Waals surface area contributed by atoms with Gasteiger partial charge in [-0.2, -0.15) is 0 Å². The number of rotatable bonds is 5. The van der Waals surface area contributed by atoms with Gasteiger partial charge in [0.25, 0.3) is 0 Å². The number of ether oxygens (including phenoxy) is 2. The molecule has 3 rings (SSSR count). The molecule has 1 aliphatic carbocycles. The van der Waals surface area contributed by atoms with Crippen LogP contribution in [-0.4, -0.2) is 13.1 Å². The third-order valence-corrected chi connectivity index (χ3v) is 3.76. The molecule has 0 radical (unpaired) electrons. The zero-order valence-electron chi connectivity index (χ0n) is 12.6. The maximum Gasteiger partial charge on any atom is 0.315 e. The lowest BCUT2D eigenvalue weighted by molar-refractivity contribution is -0.136. The molecule has 4 nitrogen and oxygen atoms in total. The Kier molecular flexibility index (Phi) is 4.00. The minimum atomic E-state index is -0.238. The number of carbonyl (C=O) groups is 1. The zero-order valence-corrected chi connectivity index (χ0v) is 12.6. The molecule has 1 saturated carbocycles. The summed E-state index contributed by atoms with van der Waals surface area (Å²) in [6, 6.07) is 9.22. The largest absolute Gasteiger partial charge is 0.493 e. The molecule has 1 heterocycles. The Morgan fingerprint density at radius 2 is 2.18 bits per heavy atom. The van der Waals surface area contributed by atoms with Crippen LogP contribution in [0.1, 0.15) is 30.6 Å². The van der Waals surface area contributed by atoms with Crippen molar-refractivity contribution >= 4 is 12.0 Å². The monoisotopic (exact) mass is 298 g/mol. The van der Waals surface area contributed by atoms with Gasteiger partial charge in [-0.15, -0.1) is 0 Å². The Morgan fingerprint density at radius 1 is 1.32 bits per heavy atom. The van der Waals surface area contributed by atoms with E-state index < -0.39 is 0 Å². The van der Waals surface area contributed by atoms with E-state index in [0.717, 1.165) is 17.7 Å². The van der Waals surface area contributed by atoms with Crippen molar-refractivity contribution in [1.29, 1.82) is 0 Å². The summed E-state index contributed by atoms with van der Waals surface area (Å²) in [5, 5.41) is 0. The predicted octanol–water partition coefficient (Wildman–Crippen LogP) is 4.03. The zero-order chi connectivity index (χ0) is 15.5. The second kappa shape index (κ2) is 6.10. The highest BCUT2D eigenvalue weighted by molar-refractivity contribution is 5.80. The van der Waals surface area contributed by atoms with Gasteiger partial charge in [0.05, 0.1) is 19.3 Å². The van der Waals surface area contributed by atoms with E-state index in [2.05, 4.69) is 0 Å². The molecule has 0 spiro atoms. The minimum absolute atomic E-state index is 0.133. The van der Waals surface area contributed by atoms with Crippen LogP contribution >= 0.6 is 0 Å². The number of carbonyl (C=O) groups excluding carboxylic acids is 1. The first-order valence-electron chi connectivity index (χ1n) is 7.28. The Labute approximate surface area is 129 Å². The Hall–Kier alpha value is -2.49. The van der Waals surface area contributed by atoms with Gasteiger partial charge in [0.1, 0.15) is 5.76 Å². The molecule has 2 atom stereocenters. The average molecular weight is 298 g/mol. The van der Waals surface area contributed by atoms with Gasteiger partial charge >= 0.3 is 5.97 Å². The van der Waals surface area contributed by atoms with Gasteiger partial charge in [0.2, 0.25) is 0 Å². The standard InChI is InChI=1S/C18H18O4/c1-3-5-12-7-8-16(17(10-12)20-2)22-18(19)14-11-13(14)15-6-4-9-21-15/h3-10,13-14H,11H2,1-2H3. The van der Waals surface area contributed by atoms with E-state index in [9.17, 15) is 4.79 Å². The average Bonchev–Trinajstić information content (AvgIpc) is 3.15. The first-order valence-corrected chi connectivity index (χ1v) is 7.28. The summed E-state index contributed by atoms with van der Waals surface area (Å²) in [7, 11) is 1.56. The van der Waals surface area contributed by atoms with E-state index in [-0.39, 0.29) is 17.8 Å². The van der Waals surface area contributed by atoms with E-state index >= 15 is 0 Å². The highest BCUT2D eigenvalue weighted by Gasteiger charge is 2.47. The second-order valence-corrected chi connectivity index (χ2v) is 5.30. The molecule has 4 heteroatoms.